The monoisotopic (exact) mass is 454 g/mol. The van der Waals surface area contributed by atoms with Crippen LogP contribution in [0.15, 0.2) is 34.7 Å². The van der Waals surface area contributed by atoms with Gasteiger partial charge in [-0.15, -0.1) is 10.2 Å². The van der Waals surface area contributed by atoms with Crippen molar-refractivity contribution in [3.8, 4) is 6.07 Å². The van der Waals surface area contributed by atoms with Gasteiger partial charge in [0.2, 0.25) is 11.0 Å². The van der Waals surface area contributed by atoms with Gasteiger partial charge in [-0.1, -0.05) is 66.8 Å². The Hall–Kier alpha value is -2.83. The van der Waals surface area contributed by atoms with Gasteiger partial charge >= 0.3 is 0 Å². The zero-order valence-corrected chi connectivity index (χ0v) is 19.6. The highest BCUT2D eigenvalue weighted by atomic mass is 32.2. The number of hydrogen-bond donors (Lipinski definition) is 2. The van der Waals surface area contributed by atoms with Crippen LogP contribution in [0.4, 0.5) is 10.9 Å². The molecule has 0 aliphatic carbocycles. The molecule has 0 fully saturated rings. The summed E-state index contributed by atoms with van der Waals surface area (Å²) in [5.74, 6) is 0.568. The summed E-state index contributed by atoms with van der Waals surface area (Å²) >= 11 is 2.79. The van der Waals surface area contributed by atoms with Crippen molar-refractivity contribution in [1.29, 1.82) is 5.26 Å². The fourth-order valence-electron chi connectivity index (χ4n) is 3.10. The Kier molecular flexibility index (Phi) is 8.09. The van der Waals surface area contributed by atoms with Crippen molar-refractivity contribution < 1.29 is 4.79 Å². The number of hydrogen-bond acceptors (Lipinski definition) is 7. The second-order valence-electron chi connectivity index (χ2n) is 7.11. The lowest BCUT2D eigenvalue weighted by atomic mass is 10.2. The molecule has 0 aliphatic rings. The summed E-state index contributed by atoms with van der Waals surface area (Å²) in [4.78, 5) is 12.7. The summed E-state index contributed by atoms with van der Waals surface area (Å²) in [7, 11) is 0. The first-order chi connectivity index (χ1) is 15.0. The maximum absolute atomic E-state index is 12.7. The highest BCUT2D eigenvalue weighted by molar-refractivity contribution is 8.01. The lowest BCUT2D eigenvalue weighted by molar-refractivity contribution is -0.113. The lowest BCUT2D eigenvalue weighted by Crippen LogP contribution is -2.18. The number of rotatable bonds is 10. The summed E-state index contributed by atoms with van der Waals surface area (Å²) in [6, 6.07) is 12.2. The molecule has 0 radical (unpaired) electrons. The molecule has 7 nitrogen and oxygen atoms in total. The minimum absolute atomic E-state index is 0.177. The molecule has 0 unspecified atom stereocenters. The van der Waals surface area contributed by atoms with E-state index in [1.54, 1.807) is 0 Å². The second kappa shape index (κ2) is 11.0. The van der Waals surface area contributed by atoms with E-state index >= 15 is 0 Å². The maximum atomic E-state index is 12.7. The van der Waals surface area contributed by atoms with Crippen LogP contribution in [0.5, 0.6) is 0 Å². The summed E-state index contributed by atoms with van der Waals surface area (Å²) in [6.45, 7) is 7.47. The average molecular weight is 455 g/mol. The molecule has 0 bridgehead atoms. The largest absolute Gasteiger partial charge is 0.360 e. The molecule has 162 valence electrons. The van der Waals surface area contributed by atoms with E-state index in [0.717, 1.165) is 45.7 Å². The van der Waals surface area contributed by atoms with Crippen molar-refractivity contribution in [1.82, 2.24) is 14.8 Å². The van der Waals surface area contributed by atoms with E-state index in [4.69, 9.17) is 0 Å². The second-order valence-corrected chi connectivity index (χ2v) is 9.31. The fraction of sp³-hybridized carbons (Fsp3) is 0.364. The van der Waals surface area contributed by atoms with Gasteiger partial charge in [0, 0.05) is 18.8 Å². The third kappa shape index (κ3) is 5.87. The zero-order valence-electron chi connectivity index (χ0n) is 17.9. The highest BCUT2D eigenvalue weighted by Crippen LogP contribution is 2.29. The Morgan fingerprint density at radius 2 is 2.03 bits per heavy atom. The van der Waals surface area contributed by atoms with E-state index in [9.17, 15) is 10.1 Å². The highest BCUT2D eigenvalue weighted by Gasteiger charge is 2.20. The number of amides is 1. The molecule has 3 rings (SSSR count). The molecule has 2 heterocycles. The van der Waals surface area contributed by atoms with Crippen LogP contribution in [-0.2, 0) is 11.3 Å². The van der Waals surface area contributed by atoms with Gasteiger partial charge in [-0.05, 0) is 31.4 Å². The number of benzene rings is 1. The predicted octanol–water partition coefficient (Wildman–Crippen LogP) is 4.82. The number of carbonyl (C=O) groups excluding carboxylic acids is 1. The molecule has 2 N–H and O–H groups in total. The van der Waals surface area contributed by atoms with E-state index in [1.807, 2.05) is 48.7 Å². The van der Waals surface area contributed by atoms with Crippen LogP contribution in [0.25, 0.3) is 0 Å². The smallest absolute Gasteiger partial charge is 0.235 e. The summed E-state index contributed by atoms with van der Waals surface area (Å²) in [6.07, 6.45) is 2.19. The lowest BCUT2D eigenvalue weighted by Gasteiger charge is -2.13. The Morgan fingerprint density at radius 1 is 1.26 bits per heavy atom. The molecule has 0 spiro atoms. The SMILES string of the molecule is CCCCNc1nnc(SCC(=O)Nc2c(C#N)c(C)c(C)n2Cc2ccccc2)s1. The van der Waals surface area contributed by atoms with Crippen LogP contribution < -0.4 is 10.6 Å². The van der Waals surface area contributed by atoms with Crippen molar-refractivity contribution in [3.05, 3.63) is 52.7 Å². The van der Waals surface area contributed by atoms with E-state index in [-0.39, 0.29) is 11.7 Å². The Labute approximate surface area is 190 Å². The molecule has 2 aromatic heterocycles. The van der Waals surface area contributed by atoms with Gasteiger partial charge in [0.1, 0.15) is 11.9 Å². The summed E-state index contributed by atoms with van der Waals surface area (Å²) in [5, 5.41) is 24.9. The zero-order chi connectivity index (χ0) is 22.2. The van der Waals surface area contributed by atoms with Gasteiger partial charge in [-0.25, -0.2) is 0 Å². The number of carbonyl (C=O) groups is 1. The number of anilines is 2. The number of aromatic nitrogens is 3. The standard InChI is InChI=1S/C22H26N6OS2/c1-4-5-11-24-21-26-27-22(31-21)30-14-19(29)25-20-18(12-23)15(2)16(3)28(20)13-17-9-7-6-8-10-17/h6-10H,4-5,11,13-14H2,1-3H3,(H,24,26)(H,25,29). The van der Waals surface area contributed by atoms with Crippen molar-refractivity contribution in [3.63, 3.8) is 0 Å². The van der Waals surface area contributed by atoms with Crippen molar-refractivity contribution in [2.75, 3.05) is 22.9 Å². The first-order valence-electron chi connectivity index (χ1n) is 10.2. The Morgan fingerprint density at radius 3 is 2.74 bits per heavy atom. The third-order valence-electron chi connectivity index (χ3n) is 4.92. The number of unbranched alkanes of at least 4 members (excludes halogenated alkanes) is 1. The third-order valence-corrected chi connectivity index (χ3v) is 6.94. The average Bonchev–Trinajstić information content (AvgIpc) is 3.31. The molecule has 3 aromatic rings. The summed E-state index contributed by atoms with van der Waals surface area (Å²) < 4.78 is 2.73. The topological polar surface area (TPSA) is 95.6 Å². The first-order valence-corrected chi connectivity index (χ1v) is 12.0. The molecule has 0 atom stereocenters. The van der Waals surface area contributed by atoms with Gasteiger partial charge in [0.05, 0.1) is 11.3 Å². The van der Waals surface area contributed by atoms with E-state index < -0.39 is 0 Å². The van der Waals surface area contributed by atoms with Gasteiger partial charge < -0.3 is 15.2 Å². The molecule has 31 heavy (non-hydrogen) atoms. The van der Waals surface area contributed by atoms with Crippen molar-refractivity contribution in [2.24, 2.45) is 0 Å². The van der Waals surface area contributed by atoms with Gasteiger partial charge in [-0.2, -0.15) is 5.26 Å². The van der Waals surface area contributed by atoms with E-state index in [1.165, 1.54) is 23.1 Å². The van der Waals surface area contributed by atoms with Crippen LogP contribution in [0, 0.1) is 25.2 Å². The molecule has 1 amide bonds. The number of nitrogens with zero attached hydrogens (tertiary/aromatic N) is 4. The fourth-order valence-corrected chi connectivity index (χ4v) is 4.68. The van der Waals surface area contributed by atoms with Crippen molar-refractivity contribution >= 4 is 40.0 Å². The molecular weight excluding hydrogens is 428 g/mol. The minimum Gasteiger partial charge on any atom is -0.360 e. The van der Waals surface area contributed by atoms with E-state index in [0.29, 0.717) is 17.9 Å². The molecule has 0 saturated heterocycles. The van der Waals surface area contributed by atoms with E-state index in [2.05, 4.69) is 33.8 Å². The van der Waals surface area contributed by atoms with Gasteiger partial charge in [0.25, 0.3) is 0 Å². The van der Waals surface area contributed by atoms with Gasteiger partial charge in [0.15, 0.2) is 4.34 Å². The van der Waals surface area contributed by atoms with Crippen LogP contribution in [0.1, 0.15) is 42.1 Å². The van der Waals surface area contributed by atoms with Crippen molar-refractivity contribution in [2.45, 2.75) is 44.5 Å². The molecular formula is C22H26N6OS2. The van der Waals surface area contributed by atoms with Crippen LogP contribution >= 0.6 is 23.1 Å². The normalized spacial score (nSPS) is 10.6. The molecule has 0 saturated carbocycles. The van der Waals surface area contributed by atoms with Crippen LogP contribution in [0.2, 0.25) is 0 Å². The summed E-state index contributed by atoms with van der Waals surface area (Å²) in [5.41, 5.74) is 3.46. The van der Waals surface area contributed by atoms with Crippen LogP contribution in [0.3, 0.4) is 0 Å². The molecule has 1 aromatic carbocycles. The molecule has 9 heteroatoms. The minimum atomic E-state index is -0.177. The first kappa shape index (κ1) is 22.8. The maximum Gasteiger partial charge on any atom is 0.235 e. The molecule has 0 aliphatic heterocycles. The quantitative estimate of drug-likeness (QED) is 0.337. The Bertz CT molecular complexity index is 1070. The van der Waals surface area contributed by atoms with Crippen LogP contribution in [-0.4, -0.2) is 33.0 Å². The number of nitriles is 1. The predicted molar refractivity (Wildman–Crippen MR) is 127 cm³/mol. The Balaban J connectivity index is 1.68. The number of thioether (sulfide) groups is 1. The number of nitrogens with one attached hydrogen (secondary N) is 2. The van der Waals surface area contributed by atoms with Gasteiger partial charge in [-0.3, -0.25) is 4.79 Å².